The first-order valence-corrected chi connectivity index (χ1v) is 7.31. The summed E-state index contributed by atoms with van der Waals surface area (Å²) < 4.78 is 3.47. The van der Waals surface area contributed by atoms with E-state index in [1.165, 1.54) is 5.69 Å². The van der Waals surface area contributed by atoms with Gasteiger partial charge in [-0.1, -0.05) is 0 Å². The van der Waals surface area contributed by atoms with Crippen LogP contribution in [-0.4, -0.2) is 0 Å². The topological polar surface area (TPSA) is 12.0 Å². The summed E-state index contributed by atoms with van der Waals surface area (Å²) in [5, 5.41) is 4.60. The molecule has 1 aromatic carbocycles. The van der Waals surface area contributed by atoms with E-state index in [1.54, 1.807) is 0 Å². The van der Waals surface area contributed by atoms with E-state index >= 15 is 0 Å². The maximum absolute atomic E-state index is 3.47. The van der Waals surface area contributed by atoms with Crippen LogP contribution in [0.3, 0.4) is 0 Å². The Bertz CT molecular complexity index is 184. The third kappa shape index (κ3) is 2.55. The fourth-order valence-corrected chi connectivity index (χ4v) is 1.97. The molecule has 0 spiro atoms. The number of hydrogen-bond donors (Lipinski definition) is 1. The average Bonchev–Trinajstić information content (AvgIpc) is 1.88. The maximum atomic E-state index is 3.47. The van der Waals surface area contributed by atoms with E-state index in [0.29, 0.717) is 0 Å². The molecule has 1 rings (SSSR count). The first-order valence-electron chi connectivity index (χ1n) is 3.41. The molecule has 0 atom stereocenters. The molecule has 53 valence electrons. The van der Waals surface area contributed by atoms with Gasteiger partial charge in [-0.25, -0.2) is 0 Å². The summed E-state index contributed by atoms with van der Waals surface area (Å²) in [7, 11) is 0. The summed E-state index contributed by atoms with van der Waals surface area (Å²) in [6, 6.07) is 10.4. The molecule has 0 amide bonds. The van der Waals surface area contributed by atoms with Crippen LogP contribution in [-0.2, 0) is 18.1 Å². The second-order valence-electron chi connectivity index (χ2n) is 2.49. The number of benzene rings is 1. The molecule has 0 heterocycles. The van der Waals surface area contributed by atoms with Crippen molar-refractivity contribution in [3.8, 4) is 0 Å². The second-order valence-corrected chi connectivity index (χ2v) is 6.00. The summed E-state index contributed by atoms with van der Waals surface area (Å²) in [5.41, 5.74) is 1.27. The van der Waals surface area contributed by atoms with Crippen LogP contribution in [0.4, 0.5) is 5.69 Å². The van der Waals surface area contributed by atoms with Gasteiger partial charge in [-0.3, -0.25) is 0 Å². The van der Waals surface area contributed by atoms with Crippen LogP contribution in [0, 0.1) is 0 Å². The molecule has 1 N–H and O–H groups in total. The molecule has 0 aromatic heterocycles. The first-order chi connectivity index (χ1) is 4.79. The summed E-state index contributed by atoms with van der Waals surface area (Å²) in [5.74, 6) is 0. The second kappa shape index (κ2) is 3.79. The number of nitrogens with one attached hydrogen (secondary N) is 1. The Hall–Kier alpha value is -0.266. The van der Waals surface area contributed by atoms with Gasteiger partial charge in [0.2, 0.25) is 0 Å². The Morgan fingerprint density at radius 1 is 1.10 bits per heavy atom. The molecule has 10 heavy (non-hydrogen) atoms. The van der Waals surface area contributed by atoms with E-state index in [0.717, 1.165) is 0 Å². The molecule has 0 bridgehead atoms. The molecule has 1 aromatic rings. The van der Waals surface area contributed by atoms with Crippen molar-refractivity contribution in [3.63, 3.8) is 0 Å². The van der Waals surface area contributed by atoms with Gasteiger partial charge in [0.1, 0.15) is 0 Å². The summed E-state index contributed by atoms with van der Waals surface area (Å²) in [6.45, 7) is 0. The molecule has 1 nitrogen and oxygen atoms in total. The zero-order chi connectivity index (χ0) is 7.40. The fourth-order valence-electron chi connectivity index (χ4n) is 0.810. The van der Waals surface area contributed by atoms with Crippen molar-refractivity contribution in [1.29, 1.82) is 0 Å². The third-order valence-electron chi connectivity index (χ3n) is 1.17. The number of anilines is 1. The van der Waals surface area contributed by atoms with E-state index in [4.69, 9.17) is 0 Å². The van der Waals surface area contributed by atoms with Gasteiger partial charge in [0.15, 0.2) is 0 Å². The van der Waals surface area contributed by atoms with Crippen molar-refractivity contribution in [2.75, 3.05) is 3.80 Å². The van der Waals surface area contributed by atoms with Gasteiger partial charge < -0.3 is 0 Å². The van der Waals surface area contributed by atoms with Crippen LogP contribution in [0.25, 0.3) is 0 Å². The van der Waals surface area contributed by atoms with Crippen molar-refractivity contribution in [3.05, 3.63) is 30.3 Å². The molecule has 0 aliphatic carbocycles. The summed E-state index contributed by atoms with van der Waals surface area (Å²) >= 11 is -0.880. The van der Waals surface area contributed by atoms with Gasteiger partial charge in [-0.15, -0.1) is 0 Å². The quantitative estimate of drug-likeness (QED) is 0.673. The average molecular weight is 170 g/mol. The molecule has 0 aliphatic heterocycles. The summed E-state index contributed by atoms with van der Waals surface area (Å²) in [4.78, 5) is 0. The van der Waals surface area contributed by atoms with E-state index < -0.39 is 18.1 Å². The molecule has 0 unspecified atom stereocenters. The van der Waals surface area contributed by atoms with Gasteiger partial charge >= 0.3 is 68.4 Å². The van der Waals surface area contributed by atoms with Crippen LogP contribution in [0.5, 0.6) is 0 Å². The predicted octanol–water partition coefficient (Wildman–Crippen LogP) is 2.73. The van der Waals surface area contributed by atoms with E-state index in [-0.39, 0.29) is 0 Å². The minimum atomic E-state index is -0.880. The van der Waals surface area contributed by atoms with Gasteiger partial charge in [0.05, 0.1) is 0 Å². The van der Waals surface area contributed by atoms with E-state index in [1.807, 2.05) is 6.07 Å². The van der Waals surface area contributed by atoms with Crippen LogP contribution >= 0.6 is 0 Å². The Labute approximate surface area is 68.6 Å². The first kappa shape index (κ1) is 7.84. The van der Waals surface area contributed by atoms with Crippen LogP contribution < -0.4 is 3.80 Å². The van der Waals surface area contributed by atoms with Crippen molar-refractivity contribution in [2.24, 2.45) is 0 Å². The van der Waals surface area contributed by atoms with Crippen molar-refractivity contribution >= 4 is 5.69 Å². The summed E-state index contributed by atoms with van der Waals surface area (Å²) in [6.07, 6.45) is 0. The van der Waals surface area contributed by atoms with Gasteiger partial charge in [0.25, 0.3) is 0 Å². The Morgan fingerprint density at radius 3 is 2.20 bits per heavy atom. The van der Waals surface area contributed by atoms with Gasteiger partial charge in [-0.2, -0.15) is 0 Å². The Morgan fingerprint density at radius 2 is 1.70 bits per heavy atom. The standard InChI is InChI=1S/C6H6N.2CH3.Ti/c7-6-4-2-1-3-5-6;;;/h1-5,7H;2*1H3;/q-1;;;+1. The van der Waals surface area contributed by atoms with Crippen molar-refractivity contribution < 1.29 is 18.1 Å². The zero-order valence-corrected chi connectivity index (χ0v) is 7.95. The third-order valence-corrected chi connectivity index (χ3v) is 2.40. The fraction of sp³-hybridized carbons (Fsp3) is 0.250. The molecule has 2 heteroatoms. The molecule has 0 saturated heterocycles. The molecule has 0 aliphatic rings. The molecular formula is C8H12NTi. The SMILES string of the molecule is [CH3][Ti]([CH3])[NH]c1ccccc1. The van der Waals surface area contributed by atoms with Crippen molar-refractivity contribution in [2.45, 2.75) is 10.5 Å². The van der Waals surface area contributed by atoms with Gasteiger partial charge in [-0.05, 0) is 0 Å². The normalized spacial score (nSPS) is 9.00. The zero-order valence-electron chi connectivity index (χ0n) is 6.39. The minimum absolute atomic E-state index is 0.880. The van der Waals surface area contributed by atoms with Crippen LogP contribution in [0.1, 0.15) is 0 Å². The van der Waals surface area contributed by atoms with E-state index in [2.05, 4.69) is 38.5 Å². The number of hydrogen-bond acceptors (Lipinski definition) is 1. The molecule has 0 fully saturated rings. The number of rotatable bonds is 2. The Kier molecular flexibility index (Phi) is 2.97. The predicted molar refractivity (Wildman–Crippen MR) is 41.8 cm³/mol. The van der Waals surface area contributed by atoms with E-state index in [9.17, 15) is 0 Å². The molecular weight excluding hydrogens is 158 g/mol. The van der Waals surface area contributed by atoms with Crippen molar-refractivity contribution in [1.82, 2.24) is 0 Å². The molecule has 0 saturated carbocycles. The number of para-hydroxylation sites is 1. The molecule has 0 radical (unpaired) electrons. The van der Waals surface area contributed by atoms with Crippen LogP contribution in [0.2, 0.25) is 10.5 Å². The Balaban J connectivity index is 2.59. The van der Waals surface area contributed by atoms with Crippen LogP contribution in [0.15, 0.2) is 30.3 Å². The van der Waals surface area contributed by atoms with Gasteiger partial charge in [0, 0.05) is 0 Å². The monoisotopic (exact) mass is 170 g/mol.